The molecule has 1 unspecified atom stereocenters. The van der Waals surface area contributed by atoms with Crippen molar-refractivity contribution < 1.29 is 9.50 Å². The number of aliphatic hydroxyl groups excluding tert-OH is 1. The van der Waals surface area contributed by atoms with E-state index in [9.17, 15) is 9.50 Å². The fraction of sp³-hybridized carbons (Fsp3) is 0.375. The molecule has 21 heavy (non-hydrogen) atoms. The van der Waals surface area contributed by atoms with Crippen LogP contribution in [-0.4, -0.2) is 42.7 Å². The maximum atomic E-state index is 12.9. The van der Waals surface area contributed by atoms with Crippen molar-refractivity contribution in [3.8, 4) is 0 Å². The molecule has 0 aliphatic carbocycles. The van der Waals surface area contributed by atoms with Gasteiger partial charge in [-0.3, -0.25) is 4.90 Å². The van der Waals surface area contributed by atoms with Gasteiger partial charge in [-0.15, -0.1) is 11.3 Å². The van der Waals surface area contributed by atoms with Crippen molar-refractivity contribution in [2.45, 2.75) is 6.10 Å². The average molecular weight is 306 g/mol. The molecular weight excluding hydrogens is 287 g/mol. The summed E-state index contributed by atoms with van der Waals surface area (Å²) in [5, 5.41) is 13.6. The van der Waals surface area contributed by atoms with Gasteiger partial charge in [-0.05, 0) is 35.2 Å². The maximum absolute atomic E-state index is 12.9. The van der Waals surface area contributed by atoms with Gasteiger partial charge in [0.1, 0.15) is 5.82 Å². The van der Waals surface area contributed by atoms with E-state index in [1.807, 2.05) is 0 Å². The van der Waals surface area contributed by atoms with E-state index >= 15 is 0 Å². The van der Waals surface area contributed by atoms with Gasteiger partial charge in [0, 0.05) is 32.7 Å². The van der Waals surface area contributed by atoms with Crippen molar-refractivity contribution in [2.75, 3.05) is 37.6 Å². The van der Waals surface area contributed by atoms with Crippen LogP contribution in [0.4, 0.5) is 9.39 Å². The number of hydrogen-bond donors (Lipinski definition) is 1. The highest BCUT2D eigenvalue weighted by Gasteiger charge is 2.20. The van der Waals surface area contributed by atoms with E-state index < -0.39 is 6.10 Å². The highest BCUT2D eigenvalue weighted by atomic mass is 32.1. The van der Waals surface area contributed by atoms with Crippen molar-refractivity contribution in [3.05, 3.63) is 53.2 Å². The van der Waals surface area contributed by atoms with Crippen LogP contribution in [0.25, 0.3) is 0 Å². The molecule has 1 aliphatic heterocycles. The minimum Gasteiger partial charge on any atom is -0.387 e. The molecule has 1 aromatic carbocycles. The third kappa shape index (κ3) is 3.61. The molecule has 3 rings (SSSR count). The molecule has 0 saturated carbocycles. The zero-order chi connectivity index (χ0) is 14.7. The smallest absolute Gasteiger partial charge is 0.123 e. The summed E-state index contributed by atoms with van der Waals surface area (Å²) in [5.74, 6) is -0.268. The van der Waals surface area contributed by atoms with E-state index in [2.05, 4.69) is 27.3 Å². The predicted octanol–water partition coefficient (Wildman–Crippen LogP) is 2.74. The first-order valence-electron chi connectivity index (χ1n) is 7.17. The summed E-state index contributed by atoms with van der Waals surface area (Å²) in [5.41, 5.74) is 0.775. The topological polar surface area (TPSA) is 26.7 Å². The van der Waals surface area contributed by atoms with Crippen LogP contribution >= 0.6 is 11.3 Å². The van der Waals surface area contributed by atoms with Gasteiger partial charge in [0.05, 0.1) is 11.1 Å². The number of aliphatic hydroxyl groups is 1. The Bertz CT molecular complexity index is 550. The lowest BCUT2D eigenvalue weighted by molar-refractivity contribution is 0.109. The fourth-order valence-electron chi connectivity index (χ4n) is 2.64. The second kappa shape index (κ2) is 6.56. The molecular formula is C16H19FN2OS. The summed E-state index contributed by atoms with van der Waals surface area (Å²) in [6, 6.07) is 10.3. The van der Waals surface area contributed by atoms with Crippen molar-refractivity contribution in [3.63, 3.8) is 0 Å². The molecule has 1 N–H and O–H groups in total. The number of halogens is 1. The van der Waals surface area contributed by atoms with E-state index in [-0.39, 0.29) is 5.82 Å². The molecule has 1 atom stereocenters. The van der Waals surface area contributed by atoms with E-state index in [1.165, 1.54) is 17.1 Å². The number of hydrogen-bond acceptors (Lipinski definition) is 4. The maximum Gasteiger partial charge on any atom is 0.123 e. The molecule has 0 radical (unpaired) electrons. The zero-order valence-electron chi connectivity index (χ0n) is 11.8. The molecule has 5 heteroatoms. The van der Waals surface area contributed by atoms with Crippen LogP contribution in [0.1, 0.15) is 11.7 Å². The van der Waals surface area contributed by atoms with Gasteiger partial charge in [0.2, 0.25) is 0 Å². The number of rotatable bonds is 4. The van der Waals surface area contributed by atoms with Crippen molar-refractivity contribution in [1.82, 2.24) is 4.90 Å². The average Bonchev–Trinajstić information content (AvgIpc) is 3.03. The van der Waals surface area contributed by atoms with Gasteiger partial charge in [-0.2, -0.15) is 0 Å². The van der Waals surface area contributed by atoms with Gasteiger partial charge in [0.25, 0.3) is 0 Å². The van der Waals surface area contributed by atoms with E-state index in [0.717, 1.165) is 31.7 Å². The Morgan fingerprint density at radius 2 is 1.81 bits per heavy atom. The van der Waals surface area contributed by atoms with Crippen LogP contribution in [0.2, 0.25) is 0 Å². The van der Waals surface area contributed by atoms with Crippen molar-refractivity contribution in [1.29, 1.82) is 0 Å². The van der Waals surface area contributed by atoms with Gasteiger partial charge in [-0.25, -0.2) is 4.39 Å². The number of piperazine rings is 1. The molecule has 3 nitrogen and oxygen atoms in total. The molecule has 0 bridgehead atoms. The Balaban J connectivity index is 1.52. The fourth-order valence-corrected chi connectivity index (χ4v) is 3.42. The second-order valence-electron chi connectivity index (χ2n) is 5.31. The van der Waals surface area contributed by atoms with Gasteiger partial charge >= 0.3 is 0 Å². The first-order valence-corrected chi connectivity index (χ1v) is 8.05. The highest BCUT2D eigenvalue weighted by Crippen LogP contribution is 2.23. The van der Waals surface area contributed by atoms with Crippen molar-refractivity contribution >= 4 is 16.3 Å². The summed E-state index contributed by atoms with van der Waals surface area (Å²) in [6.45, 7) is 4.45. The zero-order valence-corrected chi connectivity index (χ0v) is 12.6. The van der Waals surface area contributed by atoms with Gasteiger partial charge in [0.15, 0.2) is 0 Å². The Morgan fingerprint density at radius 3 is 2.43 bits per heavy atom. The summed E-state index contributed by atoms with van der Waals surface area (Å²) in [6.07, 6.45) is -0.557. The van der Waals surface area contributed by atoms with E-state index in [4.69, 9.17) is 0 Å². The summed E-state index contributed by atoms with van der Waals surface area (Å²) < 4.78 is 12.9. The molecule has 1 fully saturated rings. The molecule has 112 valence electrons. The third-order valence-electron chi connectivity index (χ3n) is 3.88. The molecule has 0 spiro atoms. The lowest BCUT2D eigenvalue weighted by Crippen LogP contribution is -2.47. The monoisotopic (exact) mass is 306 g/mol. The largest absolute Gasteiger partial charge is 0.387 e. The summed E-state index contributed by atoms with van der Waals surface area (Å²) in [7, 11) is 0. The first kappa shape index (κ1) is 14.5. The van der Waals surface area contributed by atoms with Crippen LogP contribution in [0.5, 0.6) is 0 Å². The number of benzene rings is 1. The number of β-amino-alcohol motifs (C(OH)–C–C–N with tert-alkyl or cyclic N) is 1. The molecule has 1 saturated heterocycles. The lowest BCUT2D eigenvalue weighted by Gasteiger charge is -2.36. The van der Waals surface area contributed by atoms with Crippen LogP contribution in [0.15, 0.2) is 41.8 Å². The van der Waals surface area contributed by atoms with Crippen LogP contribution in [-0.2, 0) is 0 Å². The van der Waals surface area contributed by atoms with Crippen LogP contribution in [0.3, 0.4) is 0 Å². The Labute approximate surface area is 128 Å². The number of anilines is 1. The number of thiophene rings is 1. The van der Waals surface area contributed by atoms with Crippen LogP contribution < -0.4 is 4.90 Å². The molecule has 2 heterocycles. The third-order valence-corrected chi connectivity index (χ3v) is 4.81. The molecule has 1 aliphatic rings. The highest BCUT2D eigenvalue weighted by molar-refractivity contribution is 7.14. The second-order valence-corrected chi connectivity index (χ2v) is 6.23. The van der Waals surface area contributed by atoms with E-state index in [1.54, 1.807) is 23.5 Å². The minimum atomic E-state index is -0.557. The van der Waals surface area contributed by atoms with Gasteiger partial charge < -0.3 is 10.0 Å². The van der Waals surface area contributed by atoms with Gasteiger partial charge in [-0.1, -0.05) is 12.1 Å². The first-order chi connectivity index (χ1) is 10.2. The SMILES string of the molecule is OC(CN1CCN(c2cccs2)CC1)c1ccc(F)cc1. The minimum absolute atomic E-state index is 0.268. The van der Waals surface area contributed by atoms with Crippen molar-refractivity contribution in [2.24, 2.45) is 0 Å². The van der Waals surface area contributed by atoms with Crippen LogP contribution in [0, 0.1) is 5.82 Å². The molecule has 0 amide bonds. The van der Waals surface area contributed by atoms with E-state index in [0.29, 0.717) is 6.54 Å². The quantitative estimate of drug-likeness (QED) is 0.941. The number of nitrogens with zero attached hydrogens (tertiary/aromatic N) is 2. The molecule has 2 aromatic rings. The Hall–Kier alpha value is -1.43. The predicted molar refractivity (Wildman–Crippen MR) is 84.3 cm³/mol. The standard InChI is InChI=1S/C16H19FN2OS/c17-14-5-3-13(4-6-14)15(20)12-18-7-9-19(10-8-18)16-2-1-11-21-16/h1-6,11,15,20H,7-10,12H2. The normalized spacial score (nSPS) is 17.9. The Morgan fingerprint density at radius 1 is 1.10 bits per heavy atom. The molecule has 1 aromatic heterocycles. The summed E-state index contributed by atoms with van der Waals surface area (Å²) in [4.78, 5) is 4.64. The lowest BCUT2D eigenvalue weighted by atomic mass is 10.1. The summed E-state index contributed by atoms with van der Waals surface area (Å²) >= 11 is 1.77. The Kier molecular flexibility index (Phi) is 4.53.